The predicted octanol–water partition coefficient (Wildman–Crippen LogP) is 0.998. The number of rotatable bonds is 6. The lowest BCUT2D eigenvalue weighted by Crippen LogP contribution is -2.20. The minimum Gasteiger partial charge on any atom is -0.333 e. The fraction of sp³-hybridized carbons (Fsp3) is 1.00. The number of methoxy groups -OCH3 is 2. The molecule has 8 heteroatoms. The van der Waals surface area contributed by atoms with Gasteiger partial charge in [0.05, 0.1) is 25.4 Å². The molecule has 0 aromatic rings. The molecule has 0 radical (unpaired) electrons. The highest BCUT2D eigenvalue weighted by Crippen LogP contribution is 2.60. The van der Waals surface area contributed by atoms with Gasteiger partial charge in [-0.1, -0.05) is 0 Å². The van der Waals surface area contributed by atoms with Crippen molar-refractivity contribution in [3.8, 4) is 0 Å². The summed E-state index contributed by atoms with van der Waals surface area (Å²) in [5.41, 5.74) is 0. The van der Waals surface area contributed by atoms with Gasteiger partial charge < -0.3 is 28.4 Å². The van der Waals surface area contributed by atoms with E-state index in [0.29, 0.717) is 13.2 Å². The number of hydrogen-bond acceptors (Lipinski definition) is 6. The smallest absolute Gasteiger partial charge is 0.271 e. The molecule has 0 aliphatic carbocycles. The van der Waals surface area contributed by atoms with Crippen LogP contribution in [0.4, 0.5) is 0 Å². The molecule has 3 rings (SSSR count). The molecule has 0 N–H and O–H groups in total. The third kappa shape index (κ3) is 4.26. The minimum absolute atomic E-state index is 0.0496. The molecule has 0 amide bonds. The van der Waals surface area contributed by atoms with E-state index in [0.717, 1.165) is 11.5 Å². The van der Waals surface area contributed by atoms with Crippen LogP contribution in [0.2, 0.25) is 0 Å². The van der Waals surface area contributed by atoms with E-state index in [1.807, 2.05) is 0 Å². The van der Waals surface area contributed by atoms with E-state index in [4.69, 9.17) is 28.4 Å². The molecule has 3 aliphatic rings. The van der Waals surface area contributed by atoms with Gasteiger partial charge in [0.1, 0.15) is 0 Å². The van der Waals surface area contributed by atoms with E-state index in [-0.39, 0.29) is 32.1 Å². The fourth-order valence-electron chi connectivity index (χ4n) is 2.88. The van der Waals surface area contributed by atoms with E-state index in [1.165, 1.54) is 17.9 Å². The maximum Gasteiger partial charge on any atom is 0.271 e. The molecular weight excluding hydrogens is 316 g/mol. The molecule has 3 heterocycles. The van der Waals surface area contributed by atoms with E-state index in [2.05, 4.69) is 0 Å². The monoisotopic (exact) mass is 342 g/mol. The lowest BCUT2D eigenvalue weighted by molar-refractivity contribution is -0.221. The summed E-state index contributed by atoms with van der Waals surface area (Å²) in [5.74, 6) is 5.00. The quantitative estimate of drug-likeness (QED) is 0.555. The first-order valence-electron chi connectivity index (χ1n) is 7.38. The van der Waals surface area contributed by atoms with Crippen LogP contribution in [0.3, 0.4) is 0 Å². The average Bonchev–Trinajstić information content (AvgIpc) is 3.22. The summed E-state index contributed by atoms with van der Waals surface area (Å²) in [6, 6.07) is 0. The molecule has 0 aromatic heterocycles. The highest BCUT2D eigenvalue weighted by Gasteiger charge is 2.33. The van der Waals surface area contributed by atoms with Crippen LogP contribution in [-0.2, 0) is 28.4 Å². The van der Waals surface area contributed by atoms with Gasteiger partial charge in [-0.25, -0.2) is 19.9 Å². The molecule has 0 spiro atoms. The molecule has 6 unspecified atom stereocenters. The van der Waals surface area contributed by atoms with Crippen LogP contribution in [-0.4, -0.2) is 75.6 Å². The van der Waals surface area contributed by atoms with Gasteiger partial charge >= 0.3 is 0 Å². The van der Waals surface area contributed by atoms with E-state index in [9.17, 15) is 0 Å². The molecule has 126 valence electrons. The van der Waals surface area contributed by atoms with Gasteiger partial charge in [0.25, 0.3) is 13.0 Å². The van der Waals surface area contributed by atoms with Crippen molar-refractivity contribution in [3.05, 3.63) is 0 Å². The van der Waals surface area contributed by atoms with Crippen molar-refractivity contribution >= 4 is 19.9 Å². The molecule has 0 bridgehead atoms. The maximum absolute atomic E-state index is 5.73. The minimum atomic E-state index is -0.465. The molecule has 3 fully saturated rings. The second-order valence-corrected chi connectivity index (χ2v) is 12.5. The van der Waals surface area contributed by atoms with Crippen LogP contribution in [0.5, 0.6) is 0 Å². The topological polar surface area (TPSA) is 55.4 Å². The Morgan fingerprint density at radius 1 is 0.857 bits per heavy atom. The summed E-state index contributed by atoms with van der Waals surface area (Å²) in [6.07, 6.45) is 1.76. The van der Waals surface area contributed by atoms with Crippen molar-refractivity contribution in [2.75, 3.05) is 50.4 Å². The van der Waals surface area contributed by atoms with Gasteiger partial charge in [0.2, 0.25) is 0 Å². The highest BCUT2D eigenvalue weighted by atomic mass is 33.2. The average molecular weight is 342 g/mol. The van der Waals surface area contributed by atoms with Crippen LogP contribution >= 0.6 is 19.9 Å². The summed E-state index contributed by atoms with van der Waals surface area (Å²) in [7, 11) is 3.33. The Labute approximate surface area is 130 Å². The number of hydrogen-bond donors (Lipinski definition) is 2. The molecule has 3 saturated heterocycles. The van der Waals surface area contributed by atoms with Crippen LogP contribution < -0.4 is 0 Å². The normalized spacial score (nSPS) is 47.1. The lowest BCUT2D eigenvalue weighted by Gasteiger charge is -2.30. The number of ether oxygens (including phenoxy) is 6. The SMILES string of the molecule is COC1OCC(C[SH]2CCC[SH]2CC2COC(OC)O2)O1. The van der Waals surface area contributed by atoms with E-state index < -0.39 is 13.0 Å². The Kier molecular flexibility index (Phi) is 6.08. The Balaban J connectivity index is 1.45. The Bertz CT molecular complexity index is 304. The van der Waals surface area contributed by atoms with E-state index in [1.54, 1.807) is 14.2 Å². The van der Waals surface area contributed by atoms with E-state index >= 15 is 0 Å². The van der Waals surface area contributed by atoms with Crippen molar-refractivity contribution in [1.29, 1.82) is 0 Å². The first-order valence-corrected chi connectivity index (χ1v) is 11.5. The van der Waals surface area contributed by atoms with Gasteiger partial charge in [-0.15, -0.1) is 0 Å². The van der Waals surface area contributed by atoms with Crippen molar-refractivity contribution in [2.24, 2.45) is 0 Å². The second-order valence-electron chi connectivity index (χ2n) is 5.41. The fourth-order valence-corrected chi connectivity index (χ4v) is 11.9. The summed E-state index contributed by atoms with van der Waals surface area (Å²) in [6.45, 7) is 0.394. The molecule has 0 saturated carbocycles. The predicted molar refractivity (Wildman–Crippen MR) is 85.3 cm³/mol. The van der Waals surface area contributed by atoms with Crippen molar-refractivity contribution in [1.82, 2.24) is 0 Å². The molecule has 6 nitrogen and oxygen atoms in total. The molecule has 3 aliphatic heterocycles. The zero-order valence-corrected chi connectivity index (χ0v) is 14.4. The summed E-state index contributed by atoms with van der Waals surface area (Å²) < 4.78 is 32.5. The van der Waals surface area contributed by atoms with Crippen LogP contribution in [0.15, 0.2) is 0 Å². The molecule has 6 atom stereocenters. The lowest BCUT2D eigenvalue weighted by atomic mass is 10.4. The second kappa shape index (κ2) is 7.83. The first-order chi connectivity index (χ1) is 10.3. The summed E-state index contributed by atoms with van der Waals surface area (Å²) in [5, 5.41) is 0. The number of thiol groups is 2. The van der Waals surface area contributed by atoms with Crippen molar-refractivity contribution < 1.29 is 28.4 Å². The molecular formula is C13H26O6S2. The van der Waals surface area contributed by atoms with Crippen LogP contribution in [0.1, 0.15) is 6.42 Å². The maximum atomic E-state index is 5.73. The Morgan fingerprint density at radius 3 is 1.71 bits per heavy atom. The molecule has 21 heavy (non-hydrogen) atoms. The van der Waals surface area contributed by atoms with Crippen LogP contribution in [0.25, 0.3) is 0 Å². The highest BCUT2D eigenvalue weighted by molar-refractivity contribution is 8.93. The van der Waals surface area contributed by atoms with Gasteiger partial charge in [-0.2, -0.15) is 0 Å². The largest absolute Gasteiger partial charge is 0.333 e. The van der Waals surface area contributed by atoms with Crippen LogP contribution in [0, 0.1) is 0 Å². The van der Waals surface area contributed by atoms with Crippen molar-refractivity contribution in [3.63, 3.8) is 0 Å². The van der Waals surface area contributed by atoms with Crippen molar-refractivity contribution in [2.45, 2.75) is 31.6 Å². The van der Waals surface area contributed by atoms with Gasteiger partial charge in [-0.3, -0.25) is 0 Å². The third-order valence-corrected chi connectivity index (χ3v) is 12.6. The Hall–Kier alpha value is 0.460. The summed E-state index contributed by atoms with van der Waals surface area (Å²) >= 11 is 0. The van der Waals surface area contributed by atoms with Gasteiger partial charge in [-0.05, 0) is 17.9 Å². The standard InChI is InChI=1S/C13H26O6S2/c1-14-12-16-6-10(18-12)8-20-4-3-5-21(20)9-11-7-17-13(15-2)19-11/h10-13,20-21H,3-9H2,1-2H3. The van der Waals surface area contributed by atoms with Gasteiger partial charge in [0, 0.05) is 25.7 Å². The molecule has 0 aromatic carbocycles. The van der Waals surface area contributed by atoms with Gasteiger partial charge in [0.15, 0.2) is 0 Å². The first kappa shape index (κ1) is 16.3. The zero-order chi connectivity index (χ0) is 14.7. The zero-order valence-electron chi connectivity index (χ0n) is 12.6. The Morgan fingerprint density at radius 2 is 1.33 bits per heavy atom. The third-order valence-electron chi connectivity index (χ3n) is 3.89. The summed E-state index contributed by atoms with van der Waals surface area (Å²) in [4.78, 5) is 0.